The average Bonchev–Trinajstić information content (AvgIpc) is 3.01. The Labute approximate surface area is 138 Å². The monoisotopic (exact) mass is 314 g/mol. The van der Waals surface area contributed by atoms with Crippen LogP contribution < -0.4 is 0 Å². The second-order valence-corrected chi connectivity index (χ2v) is 6.45. The Balaban J connectivity index is 1.60. The number of methoxy groups -OCH3 is 1. The summed E-state index contributed by atoms with van der Waals surface area (Å²) in [6.45, 7) is 5.32. The Morgan fingerprint density at radius 1 is 1.26 bits per heavy atom. The fourth-order valence-corrected chi connectivity index (χ4v) is 3.52. The minimum atomic E-state index is -0.235. The maximum Gasteiger partial charge on any atom is 0.140 e. The van der Waals surface area contributed by atoms with Crippen LogP contribution in [0.4, 0.5) is 0 Å². The summed E-state index contributed by atoms with van der Waals surface area (Å²) in [7, 11) is 3.85. The largest absolute Gasteiger partial charge is 0.370 e. The molecule has 5 heteroatoms. The number of pyridine rings is 1. The molecule has 2 aromatic rings. The van der Waals surface area contributed by atoms with Crippen molar-refractivity contribution in [2.24, 2.45) is 7.05 Å². The van der Waals surface area contributed by atoms with E-state index < -0.39 is 0 Å². The summed E-state index contributed by atoms with van der Waals surface area (Å²) in [6.07, 6.45) is 10.7. The molecule has 0 bridgehead atoms. The van der Waals surface area contributed by atoms with Gasteiger partial charge in [-0.2, -0.15) is 0 Å². The van der Waals surface area contributed by atoms with Crippen molar-refractivity contribution < 1.29 is 4.74 Å². The van der Waals surface area contributed by atoms with Gasteiger partial charge in [-0.15, -0.1) is 0 Å². The molecule has 0 atom stereocenters. The zero-order valence-electron chi connectivity index (χ0n) is 14.3. The third kappa shape index (κ3) is 3.31. The van der Waals surface area contributed by atoms with Crippen LogP contribution in [0, 0.1) is 6.92 Å². The van der Waals surface area contributed by atoms with E-state index in [0.29, 0.717) is 0 Å². The molecule has 23 heavy (non-hydrogen) atoms. The van der Waals surface area contributed by atoms with E-state index in [1.807, 2.05) is 38.9 Å². The van der Waals surface area contributed by atoms with Crippen LogP contribution in [0.2, 0.25) is 0 Å². The lowest BCUT2D eigenvalue weighted by molar-refractivity contribution is -0.0701. The number of aromatic nitrogens is 3. The lowest BCUT2D eigenvalue weighted by Gasteiger charge is -2.40. The Morgan fingerprint density at radius 3 is 2.65 bits per heavy atom. The Morgan fingerprint density at radius 2 is 2.04 bits per heavy atom. The smallest absolute Gasteiger partial charge is 0.140 e. The highest BCUT2D eigenvalue weighted by Crippen LogP contribution is 2.35. The number of hydrogen-bond donors (Lipinski definition) is 0. The van der Waals surface area contributed by atoms with Crippen LogP contribution in [-0.4, -0.2) is 46.2 Å². The molecule has 5 nitrogen and oxygen atoms in total. The molecule has 3 heterocycles. The van der Waals surface area contributed by atoms with Gasteiger partial charge in [-0.05, 0) is 43.4 Å². The van der Waals surface area contributed by atoms with Gasteiger partial charge in [0, 0.05) is 58.6 Å². The summed E-state index contributed by atoms with van der Waals surface area (Å²) in [5, 5.41) is 0. The predicted molar refractivity (Wildman–Crippen MR) is 90.2 cm³/mol. The first kappa shape index (κ1) is 16.1. The molecular formula is C18H26N4O. The number of imidazole rings is 1. The molecule has 124 valence electrons. The molecular weight excluding hydrogens is 288 g/mol. The van der Waals surface area contributed by atoms with Crippen molar-refractivity contribution in [3.63, 3.8) is 0 Å². The number of nitrogens with zero attached hydrogens (tertiary/aromatic N) is 4. The Kier molecular flexibility index (Phi) is 4.78. The molecule has 0 spiro atoms. The lowest BCUT2D eigenvalue weighted by Crippen LogP contribution is -2.45. The molecule has 0 radical (unpaired) electrons. The van der Waals surface area contributed by atoms with Crippen LogP contribution in [0.15, 0.2) is 30.9 Å². The standard InChI is InChI=1S/C18H26N4O/c1-15-14-19-8-4-16(15)5-10-22-11-6-18(23-3,7-12-22)17-20-9-13-21(17)2/h4,8-9,13-14H,5-7,10-12H2,1-3H3. The first-order valence-corrected chi connectivity index (χ1v) is 8.29. The van der Waals surface area contributed by atoms with Crippen molar-refractivity contribution in [3.05, 3.63) is 47.8 Å². The second kappa shape index (κ2) is 6.81. The van der Waals surface area contributed by atoms with Gasteiger partial charge in [0.1, 0.15) is 11.4 Å². The van der Waals surface area contributed by atoms with Gasteiger partial charge >= 0.3 is 0 Å². The molecule has 0 N–H and O–H groups in total. The van der Waals surface area contributed by atoms with Gasteiger partial charge in [0.05, 0.1) is 0 Å². The van der Waals surface area contributed by atoms with Gasteiger partial charge < -0.3 is 14.2 Å². The molecule has 1 aliphatic heterocycles. The van der Waals surface area contributed by atoms with Gasteiger partial charge in [0.15, 0.2) is 0 Å². The molecule has 0 unspecified atom stereocenters. The first-order valence-electron chi connectivity index (χ1n) is 8.29. The Hall–Kier alpha value is -1.72. The van der Waals surface area contributed by atoms with Crippen LogP contribution in [0.1, 0.15) is 29.8 Å². The van der Waals surface area contributed by atoms with Crippen LogP contribution >= 0.6 is 0 Å². The van der Waals surface area contributed by atoms with Crippen molar-refractivity contribution in [2.45, 2.75) is 31.8 Å². The van der Waals surface area contributed by atoms with Crippen LogP contribution in [-0.2, 0) is 23.8 Å². The molecule has 1 aliphatic rings. The van der Waals surface area contributed by atoms with E-state index in [-0.39, 0.29) is 5.60 Å². The van der Waals surface area contributed by atoms with Gasteiger partial charge in [0.25, 0.3) is 0 Å². The van der Waals surface area contributed by atoms with E-state index in [1.54, 1.807) is 0 Å². The van der Waals surface area contributed by atoms with Crippen molar-refractivity contribution in [1.29, 1.82) is 0 Å². The highest BCUT2D eigenvalue weighted by Gasteiger charge is 2.39. The third-order valence-electron chi connectivity index (χ3n) is 5.12. The van der Waals surface area contributed by atoms with E-state index in [9.17, 15) is 0 Å². The van der Waals surface area contributed by atoms with E-state index in [4.69, 9.17) is 4.74 Å². The first-order chi connectivity index (χ1) is 11.1. The summed E-state index contributed by atoms with van der Waals surface area (Å²) < 4.78 is 8.00. The van der Waals surface area contributed by atoms with Crippen molar-refractivity contribution in [1.82, 2.24) is 19.4 Å². The fraction of sp³-hybridized carbons (Fsp3) is 0.556. The SMILES string of the molecule is COC1(c2nccn2C)CCN(CCc2ccncc2C)CC1. The van der Waals surface area contributed by atoms with Gasteiger partial charge in [-0.1, -0.05) is 0 Å². The molecule has 0 aromatic carbocycles. The number of aryl methyl sites for hydroxylation is 2. The molecule has 0 saturated carbocycles. The minimum absolute atomic E-state index is 0.235. The van der Waals surface area contributed by atoms with E-state index in [2.05, 4.69) is 32.4 Å². The maximum atomic E-state index is 5.92. The molecule has 0 aliphatic carbocycles. The predicted octanol–water partition coefficient (Wildman–Crippen LogP) is 2.30. The quantitative estimate of drug-likeness (QED) is 0.849. The molecule has 1 fully saturated rings. The van der Waals surface area contributed by atoms with Crippen molar-refractivity contribution >= 4 is 0 Å². The normalized spacial score (nSPS) is 18.2. The second-order valence-electron chi connectivity index (χ2n) is 6.45. The van der Waals surface area contributed by atoms with Crippen LogP contribution in [0.3, 0.4) is 0 Å². The summed E-state index contributed by atoms with van der Waals surface area (Å²) >= 11 is 0. The number of piperidine rings is 1. The lowest BCUT2D eigenvalue weighted by atomic mass is 9.89. The molecule has 2 aromatic heterocycles. The molecule has 0 amide bonds. The number of likely N-dealkylation sites (tertiary alicyclic amines) is 1. The minimum Gasteiger partial charge on any atom is -0.370 e. The Bertz CT molecular complexity index is 644. The van der Waals surface area contributed by atoms with E-state index in [0.717, 1.165) is 44.7 Å². The van der Waals surface area contributed by atoms with Gasteiger partial charge in [-0.3, -0.25) is 4.98 Å². The zero-order chi connectivity index (χ0) is 16.3. The topological polar surface area (TPSA) is 43.2 Å². The highest BCUT2D eigenvalue weighted by molar-refractivity contribution is 5.21. The highest BCUT2D eigenvalue weighted by atomic mass is 16.5. The van der Waals surface area contributed by atoms with Crippen molar-refractivity contribution in [3.8, 4) is 0 Å². The summed E-state index contributed by atoms with van der Waals surface area (Å²) in [5.74, 6) is 1.05. The van der Waals surface area contributed by atoms with E-state index >= 15 is 0 Å². The summed E-state index contributed by atoms with van der Waals surface area (Å²) in [4.78, 5) is 11.2. The molecule has 1 saturated heterocycles. The van der Waals surface area contributed by atoms with Crippen LogP contribution in [0.25, 0.3) is 0 Å². The van der Waals surface area contributed by atoms with E-state index in [1.165, 1.54) is 11.1 Å². The van der Waals surface area contributed by atoms with Gasteiger partial charge in [0.2, 0.25) is 0 Å². The number of hydrogen-bond acceptors (Lipinski definition) is 4. The van der Waals surface area contributed by atoms with Crippen molar-refractivity contribution in [2.75, 3.05) is 26.7 Å². The summed E-state index contributed by atoms with van der Waals surface area (Å²) in [6, 6.07) is 2.13. The average molecular weight is 314 g/mol. The third-order valence-corrected chi connectivity index (χ3v) is 5.12. The summed E-state index contributed by atoms with van der Waals surface area (Å²) in [5.41, 5.74) is 2.44. The number of rotatable bonds is 5. The zero-order valence-corrected chi connectivity index (χ0v) is 14.3. The number of ether oxygens (including phenoxy) is 1. The maximum absolute atomic E-state index is 5.92. The fourth-order valence-electron chi connectivity index (χ4n) is 3.52. The van der Waals surface area contributed by atoms with Gasteiger partial charge in [-0.25, -0.2) is 4.98 Å². The molecule has 3 rings (SSSR count). The van der Waals surface area contributed by atoms with Crippen LogP contribution in [0.5, 0.6) is 0 Å².